The Morgan fingerprint density at radius 1 is 1.23 bits per heavy atom. The van der Waals surface area contributed by atoms with Gasteiger partial charge >= 0.3 is 0 Å². The molecule has 120 valence electrons. The first kappa shape index (κ1) is 15.3. The van der Waals surface area contributed by atoms with Gasteiger partial charge in [-0.05, 0) is 43.7 Å². The monoisotopic (exact) mass is 301 g/mol. The first-order valence-corrected chi connectivity index (χ1v) is 8.55. The molecule has 1 amide bonds. The summed E-state index contributed by atoms with van der Waals surface area (Å²) in [6.07, 6.45) is 5.16. The van der Waals surface area contributed by atoms with Gasteiger partial charge in [0.05, 0.1) is 0 Å². The van der Waals surface area contributed by atoms with E-state index in [1.807, 2.05) is 6.07 Å². The van der Waals surface area contributed by atoms with Gasteiger partial charge in [-0.25, -0.2) is 0 Å². The van der Waals surface area contributed by atoms with Crippen LogP contribution in [0.3, 0.4) is 0 Å². The van der Waals surface area contributed by atoms with Crippen LogP contribution in [0.1, 0.15) is 32.1 Å². The summed E-state index contributed by atoms with van der Waals surface area (Å²) in [4.78, 5) is 14.7. The number of nitrogens with zero attached hydrogens (tertiary/aromatic N) is 1. The maximum Gasteiger partial charge on any atom is 0.223 e. The zero-order chi connectivity index (χ0) is 15.4. The third kappa shape index (κ3) is 3.80. The number of carbonyl (C=O) groups excluding carboxylic acids is 1. The predicted molar refractivity (Wildman–Crippen MR) is 89.7 cm³/mol. The molecule has 4 nitrogen and oxygen atoms in total. The van der Waals surface area contributed by atoms with Crippen molar-refractivity contribution in [2.75, 3.05) is 24.5 Å². The van der Waals surface area contributed by atoms with E-state index in [1.54, 1.807) is 0 Å². The minimum absolute atomic E-state index is 0.135. The van der Waals surface area contributed by atoms with Gasteiger partial charge in [0.1, 0.15) is 0 Å². The minimum atomic E-state index is 0.135. The number of nitrogens with one attached hydrogen (secondary N) is 1. The molecule has 1 aliphatic carbocycles. The number of benzene rings is 1. The number of anilines is 1. The number of rotatable bonds is 4. The fraction of sp³-hybridized carbons (Fsp3) is 0.611. The van der Waals surface area contributed by atoms with Crippen LogP contribution in [-0.4, -0.2) is 31.6 Å². The molecular weight excluding hydrogens is 274 g/mol. The normalized spacial score (nSPS) is 28.6. The molecule has 1 aromatic carbocycles. The molecule has 1 aromatic rings. The molecule has 1 saturated carbocycles. The van der Waals surface area contributed by atoms with Gasteiger partial charge in [0, 0.05) is 37.3 Å². The van der Waals surface area contributed by atoms with Gasteiger partial charge in [0.25, 0.3) is 0 Å². The standard InChI is InChI=1S/C18H27N3O/c19-16-6-4-5-15(11-16)18(22)20-12-14-9-10-21(13-14)17-7-2-1-3-8-17/h1-3,7-8,14-16H,4-6,9-13,19H2,(H,20,22). The van der Waals surface area contributed by atoms with Crippen molar-refractivity contribution in [3.63, 3.8) is 0 Å². The molecule has 0 aromatic heterocycles. The predicted octanol–water partition coefficient (Wildman–Crippen LogP) is 2.15. The van der Waals surface area contributed by atoms with E-state index in [-0.39, 0.29) is 17.9 Å². The number of para-hydroxylation sites is 1. The summed E-state index contributed by atoms with van der Waals surface area (Å²) in [6, 6.07) is 10.7. The molecule has 22 heavy (non-hydrogen) atoms. The Balaban J connectivity index is 1.44. The number of amides is 1. The summed E-state index contributed by atoms with van der Waals surface area (Å²) in [6.45, 7) is 2.92. The van der Waals surface area contributed by atoms with Gasteiger partial charge in [-0.3, -0.25) is 4.79 Å². The van der Waals surface area contributed by atoms with Crippen molar-refractivity contribution in [3.8, 4) is 0 Å². The van der Waals surface area contributed by atoms with Gasteiger partial charge in [-0.2, -0.15) is 0 Å². The summed E-state index contributed by atoms with van der Waals surface area (Å²) < 4.78 is 0. The lowest BCUT2D eigenvalue weighted by Gasteiger charge is -2.26. The summed E-state index contributed by atoms with van der Waals surface area (Å²) >= 11 is 0. The highest BCUT2D eigenvalue weighted by Gasteiger charge is 2.27. The van der Waals surface area contributed by atoms with Crippen LogP contribution in [0, 0.1) is 11.8 Å². The average Bonchev–Trinajstić information content (AvgIpc) is 3.02. The molecular formula is C18H27N3O. The van der Waals surface area contributed by atoms with Crippen LogP contribution in [0.25, 0.3) is 0 Å². The molecule has 3 atom stereocenters. The van der Waals surface area contributed by atoms with E-state index in [2.05, 4.69) is 34.5 Å². The van der Waals surface area contributed by atoms with Crippen LogP contribution in [0.5, 0.6) is 0 Å². The lowest BCUT2D eigenvalue weighted by atomic mass is 9.85. The number of hydrogen-bond donors (Lipinski definition) is 2. The lowest BCUT2D eigenvalue weighted by Crippen LogP contribution is -2.39. The Bertz CT molecular complexity index is 490. The van der Waals surface area contributed by atoms with E-state index in [4.69, 9.17) is 5.73 Å². The van der Waals surface area contributed by atoms with E-state index in [0.29, 0.717) is 5.92 Å². The van der Waals surface area contributed by atoms with Crippen molar-refractivity contribution >= 4 is 11.6 Å². The second-order valence-electron chi connectivity index (χ2n) is 6.81. The van der Waals surface area contributed by atoms with Gasteiger partial charge in [-0.1, -0.05) is 24.6 Å². The smallest absolute Gasteiger partial charge is 0.223 e. The summed E-state index contributed by atoms with van der Waals surface area (Å²) in [5.74, 6) is 0.908. The fourth-order valence-corrected chi connectivity index (χ4v) is 3.73. The Labute approximate surface area is 133 Å². The molecule has 0 bridgehead atoms. The molecule has 1 heterocycles. The van der Waals surface area contributed by atoms with Crippen molar-refractivity contribution in [2.24, 2.45) is 17.6 Å². The largest absolute Gasteiger partial charge is 0.371 e. The van der Waals surface area contributed by atoms with Gasteiger partial charge < -0.3 is 16.0 Å². The molecule has 3 rings (SSSR count). The van der Waals surface area contributed by atoms with Crippen molar-refractivity contribution in [3.05, 3.63) is 30.3 Å². The van der Waals surface area contributed by atoms with Crippen molar-refractivity contribution < 1.29 is 4.79 Å². The highest BCUT2D eigenvalue weighted by molar-refractivity contribution is 5.78. The van der Waals surface area contributed by atoms with Crippen molar-refractivity contribution in [1.82, 2.24) is 5.32 Å². The summed E-state index contributed by atoms with van der Waals surface area (Å²) in [5, 5.41) is 3.17. The van der Waals surface area contributed by atoms with Gasteiger partial charge in [0.15, 0.2) is 0 Å². The van der Waals surface area contributed by atoms with E-state index in [0.717, 1.165) is 51.7 Å². The average molecular weight is 301 g/mol. The third-order valence-corrected chi connectivity index (χ3v) is 5.06. The van der Waals surface area contributed by atoms with Crippen LogP contribution < -0.4 is 16.0 Å². The fourth-order valence-electron chi connectivity index (χ4n) is 3.73. The zero-order valence-corrected chi connectivity index (χ0v) is 13.2. The highest BCUT2D eigenvalue weighted by Crippen LogP contribution is 2.25. The molecule has 2 fully saturated rings. The highest BCUT2D eigenvalue weighted by atomic mass is 16.1. The van der Waals surface area contributed by atoms with Gasteiger partial charge in [-0.15, -0.1) is 0 Å². The van der Waals surface area contributed by atoms with E-state index in [9.17, 15) is 4.79 Å². The number of carbonyl (C=O) groups is 1. The van der Waals surface area contributed by atoms with Crippen LogP contribution in [0.15, 0.2) is 30.3 Å². The van der Waals surface area contributed by atoms with Crippen LogP contribution in [0.4, 0.5) is 5.69 Å². The summed E-state index contributed by atoms with van der Waals surface area (Å²) in [5.41, 5.74) is 7.26. The quantitative estimate of drug-likeness (QED) is 0.896. The second-order valence-corrected chi connectivity index (χ2v) is 6.81. The lowest BCUT2D eigenvalue weighted by molar-refractivity contribution is -0.126. The maximum atomic E-state index is 12.3. The van der Waals surface area contributed by atoms with Crippen LogP contribution in [0.2, 0.25) is 0 Å². The Morgan fingerprint density at radius 3 is 2.82 bits per heavy atom. The maximum absolute atomic E-state index is 12.3. The zero-order valence-electron chi connectivity index (χ0n) is 13.2. The van der Waals surface area contributed by atoms with E-state index in [1.165, 1.54) is 5.69 Å². The molecule has 3 unspecified atom stereocenters. The topological polar surface area (TPSA) is 58.4 Å². The number of nitrogens with two attached hydrogens (primary N) is 1. The Morgan fingerprint density at radius 2 is 2.05 bits per heavy atom. The molecule has 2 aliphatic rings. The molecule has 1 aliphatic heterocycles. The number of hydrogen-bond acceptors (Lipinski definition) is 3. The molecule has 0 spiro atoms. The molecule has 0 radical (unpaired) electrons. The second kappa shape index (κ2) is 7.14. The molecule has 4 heteroatoms. The van der Waals surface area contributed by atoms with Crippen molar-refractivity contribution in [2.45, 2.75) is 38.1 Å². The van der Waals surface area contributed by atoms with Crippen LogP contribution >= 0.6 is 0 Å². The first-order chi connectivity index (χ1) is 10.7. The van der Waals surface area contributed by atoms with Crippen LogP contribution in [-0.2, 0) is 4.79 Å². The van der Waals surface area contributed by atoms with Gasteiger partial charge in [0.2, 0.25) is 5.91 Å². The summed E-state index contributed by atoms with van der Waals surface area (Å²) in [7, 11) is 0. The molecule has 1 saturated heterocycles. The van der Waals surface area contributed by atoms with Crippen molar-refractivity contribution in [1.29, 1.82) is 0 Å². The SMILES string of the molecule is NC1CCCC(C(=O)NCC2CCN(c3ccccc3)C2)C1. The van der Waals surface area contributed by atoms with E-state index < -0.39 is 0 Å². The first-order valence-electron chi connectivity index (χ1n) is 8.55. The van der Waals surface area contributed by atoms with E-state index >= 15 is 0 Å². The Hall–Kier alpha value is -1.55. The molecule has 3 N–H and O–H groups in total. The Kier molecular flexibility index (Phi) is 4.98. The third-order valence-electron chi connectivity index (χ3n) is 5.06. The minimum Gasteiger partial charge on any atom is -0.371 e.